The van der Waals surface area contributed by atoms with Crippen LogP contribution < -0.4 is 5.32 Å². The third-order valence-corrected chi connectivity index (χ3v) is 1.30. The third-order valence-electron chi connectivity index (χ3n) is 1.30. The van der Waals surface area contributed by atoms with Crippen molar-refractivity contribution in [1.82, 2.24) is 5.32 Å². The quantitative estimate of drug-likeness (QED) is 0.373. The first-order valence-electron chi connectivity index (χ1n) is 4.38. The lowest BCUT2D eigenvalue weighted by atomic mass is 10.3. The average molecular weight is 171 g/mol. The molecule has 0 aliphatic rings. The summed E-state index contributed by atoms with van der Waals surface area (Å²) in [5, 5.41) is 2.99. The Bertz CT molecular complexity index is 143. The molecule has 0 saturated heterocycles. The zero-order chi connectivity index (χ0) is 9.23. The van der Waals surface area contributed by atoms with Crippen LogP contribution in [0.15, 0.2) is 12.3 Å². The fraction of sp³-hybridized carbons (Fsp3) is 0.667. The van der Waals surface area contributed by atoms with E-state index in [0.717, 1.165) is 19.4 Å². The van der Waals surface area contributed by atoms with Gasteiger partial charge < -0.3 is 10.1 Å². The van der Waals surface area contributed by atoms with Crippen LogP contribution in [-0.2, 0) is 9.53 Å². The third kappa shape index (κ3) is 7.12. The molecule has 0 heterocycles. The van der Waals surface area contributed by atoms with Crippen molar-refractivity contribution < 1.29 is 9.53 Å². The summed E-state index contributed by atoms with van der Waals surface area (Å²) in [6.45, 7) is 5.25. The molecule has 0 rings (SSSR count). The molecule has 0 radical (unpaired) electrons. The van der Waals surface area contributed by atoms with Gasteiger partial charge in [-0.2, -0.15) is 0 Å². The summed E-state index contributed by atoms with van der Waals surface area (Å²) in [5.41, 5.74) is 0. The van der Waals surface area contributed by atoms with E-state index in [4.69, 9.17) is 0 Å². The molecule has 0 aliphatic carbocycles. The summed E-state index contributed by atoms with van der Waals surface area (Å²) >= 11 is 0. The first kappa shape index (κ1) is 11.0. The second kappa shape index (κ2) is 8.11. The van der Waals surface area contributed by atoms with Gasteiger partial charge in [-0.25, -0.2) is 4.79 Å². The van der Waals surface area contributed by atoms with Gasteiger partial charge in [-0.05, 0) is 13.3 Å². The highest BCUT2D eigenvalue weighted by Gasteiger charge is 1.90. The van der Waals surface area contributed by atoms with Gasteiger partial charge in [0.15, 0.2) is 0 Å². The molecule has 0 aromatic heterocycles. The molecule has 0 unspecified atom stereocenters. The zero-order valence-electron chi connectivity index (χ0n) is 7.80. The highest BCUT2D eigenvalue weighted by Crippen LogP contribution is 1.83. The number of esters is 1. The van der Waals surface area contributed by atoms with Crippen LogP contribution >= 0.6 is 0 Å². The molecule has 0 spiro atoms. The fourth-order valence-electron chi connectivity index (χ4n) is 0.680. The number of unbranched alkanes of at least 4 members (excludes halogenated alkanes) is 1. The lowest BCUT2D eigenvalue weighted by Crippen LogP contribution is -2.08. The molecule has 0 fully saturated rings. The van der Waals surface area contributed by atoms with Crippen molar-refractivity contribution in [2.75, 3.05) is 13.2 Å². The number of hydrogen-bond donors (Lipinski definition) is 1. The first-order valence-corrected chi connectivity index (χ1v) is 4.38. The maximum atomic E-state index is 10.7. The fourth-order valence-corrected chi connectivity index (χ4v) is 0.680. The van der Waals surface area contributed by atoms with Gasteiger partial charge in [-0.1, -0.05) is 13.3 Å². The van der Waals surface area contributed by atoms with E-state index in [1.54, 1.807) is 13.1 Å². The van der Waals surface area contributed by atoms with Crippen LogP contribution in [0.4, 0.5) is 0 Å². The molecule has 12 heavy (non-hydrogen) atoms. The van der Waals surface area contributed by atoms with Crippen molar-refractivity contribution in [3.05, 3.63) is 12.3 Å². The van der Waals surface area contributed by atoms with E-state index in [1.807, 2.05) is 0 Å². The van der Waals surface area contributed by atoms with Crippen LogP contribution in [0.2, 0.25) is 0 Å². The van der Waals surface area contributed by atoms with E-state index in [9.17, 15) is 4.79 Å². The molecule has 0 atom stereocenters. The maximum absolute atomic E-state index is 10.7. The van der Waals surface area contributed by atoms with Crippen LogP contribution in [0, 0.1) is 0 Å². The number of rotatable bonds is 6. The van der Waals surface area contributed by atoms with Gasteiger partial charge in [0.1, 0.15) is 0 Å². The normalized spacial score (nSPS) is 10.2. The number of hydrogen-bond acceptors (Lipinski definition) is 3. The van der Waals surface area contributed by atoms with E-state index in [0.29, 0.717) is 6.61 Å². The Hall–Kier alpha value is -0.990. The Kier molecular flexibility index (Phi) is 7.44. The SMILES string of the molecule is CCCCN/C=C/C(=O)OCC. The van der Waals surface area contributed by atoms with E-state index in [1.165, 1.54) is 6.08 Å². The second-order valence-electron chi connectivity index (χ2n) is 2.39. The van der Waals surface area contributed by atoms with Crippen molar-refractivity contribution in [2.24, 2.45) is 0 Å². The van der Waals surface area contributed by atoms with Gasteiger partial charge >= 0.3 is 5.97 Å². The molecule has 0 aromatic rings. The summed E-state index contributed by atoms with van der Waals surface area (Å²) in [4.78, 5) is 10.7. The van der Waals surface area contributed by atoms with E-state index in [2.05, 4.69) is 17.0 Å². The van der Waals surface area contributed by atoms with Crippen molar-refractivity contribution in [3.63, 3.8) is 0 Å². The molecule has 1 N–H and O–H groups in total. The Morgan fingerprint density at radius 3 is 2.83 bits per heavy atom. The highest BCUT2D eigenvalue weighted by molar-refractivity contribution is 5.81. The van der Waals surface area contributed by atoms with E-state index >= 15 is 0 Å². The summed E-state index contributed by atoms with van der Waals surface area (Å²) in [6.07, 6.45) is 5.31. The Morgan fingerprint density at radius 1 is 1.50 bits per heavy atom. The minimum absolute atomic E-state index is 0.290. The Labute approximate surface area is 73.8 Å². The molecule has 0 aliphatic heterocycles. The molecule has 0 bridgehead atoms. The predicted molar refractivity (Wildman–Crippen MR) is 48.7 cm³/mol. The maximum Gasteiger partial charge on any atom is 0.332 e. The summed E-state index contributed by atoms with van der Waals surface area (Å²) < 4.78 is 4.68. The minimum atomic E-state index is -0.290. The molecule has 3 nitrogen and oxygen atoms in total. The van der Waals surface area contributed by atoms with Crippen molar-refractivity contribution in [1.29, 1.82) is 0 Å². The lowest BCUT2D eigenvalue weighted by molar-refractivity contribution is -0.137. The molecule has 0 saturated carbocycles. The van der Waals surface area contributed by atoms with Crippen molar-refractivity contribution >= 4 is 5.97 Å². The van der Waals surface area contributed by atoms with Gasteiger partial charge in [0, 0.05) is 18.8 Å². The van der Waals surface area contributed by atoms with Crippen LogP contribution in [0.5, 0.6) is 0 Å². The van der Waals surface area contributed by atoms with E-state index in [-0.39, 0.29) is 5.97 Å². The Balaban J connectivity index is 3.29. The lowest BCUT2D eigenvalue weighted by Gasteiger charge is -1.97. The molecule has 0 amide bonds. The molecular formula is C9H17NO2. The molecule has 70 valence electrons. The predicted octanol–water partition coefficient (Wildman–Crippen LogP) is 1.45. The second-order valence-corrected chi connectivity index (χ2v) is 2.39. The standard InChI is InChI=1S/C9H17NO2/c1-3-5-7-10-8-6-9(11)12-4-2/h6,8,10H,3-5,7H2,1-2H3/b8-6+. The van der Waals surface area contributed by atoms with Gasteiger partial charge in [-0.15, -0.1) is 0 Å². The average Bonchev–Trinajstić information content (AvgIpc) is 2.05. The minimum Gasteiger partial charge on any atom is -0.463 e. The Morgan fingerprint density at radius 2 is 2.25 bits per heavy atom. The molecule has 3 heteroatoms. The number of nitrogens with one attached hydrogen (secondary N) is 1. The van der Waals surface area contributed by atoms with Gasteiger partial charge in [0.25, 0.3) is 0 Å². The number of carbonyl (C=O) groups excluding carboxylic acids is 1. The highest BCUT2D eigenvalue weighted by atomic mass is 16.5. The summed E-state index contributed by atoms with van der Waals surface area (Å²) in [7, 11) is 0. The molecule has 0 aromatic carbocycles. The molecular weight excluding hydrogens is 154 g/mol. The van der Waals surface area contributed by atoms with Crippen LogP contribution in [0.25, 0.3) is 0 Å². The van der Waals surface area contributed by atoms with Crippen LogP contribution in [0.1, 0.15) is 26.7 Å². The first-order chi connectivity index (χ1) is 5.81. The summed E-state index contributed by atoms with van der Waals surface area (Å²) in [6, 6.07) is 0. The van der Waals surface area contributed by atoms with Crippen LogP contribution in [0.3, 0.4) is 0 Å². The monoisotopic (exact) mass is 171 g/mol. The van der Waals surface area contributed by atoms with E-state index < -0.39 is 0 Å². The van der Waals surface area contributed by atoms with Gasteiger partial charge in [0.05, 0.1) is 6.61 Å². The van der Waals surface area contributed by atoms with Gasteiger partial charge in [0.2, 0.25) is 0 Å². The van der Waals surface area contributed by atoms with Crippen molar-refractivity contribution in [3.8, 4) is 0 Å². The number of carbonyl (C=O) groups is 1. The largest absolute Gasteiger partial charge is 0.463 e. The smallest absolute Gasteiger partial charge is 0.332 e. The van der Waals surface area contributed by atoms with Crippen molar-refractivity contribution in [2.45, 2.75) is 26.7 Å². The topological polar surface area (TPSA) is 38.3 Å². The van der Waals surface area contributed by atoms with Crippen LogP contribution in [-0.4, -0.2) is 19.1 Å². The number of ether oxygens (including phenoxy) is 1. The zero-order valence-corrected chi connectivity index (χ0v) is 7.80. The summed E-state index contributed by atoms with van der Waals surface area (Å²) in [5.74, 6) is -0.290. The van der Waals surface area contributed by atoms with Gasteiger partial charge in [-0.3, -0.25) is 0 Å².